The average molecular weight is 286 g/mol. The van der Waals surface area contributed by atoms with Crippen LogP contribution in [0.4, 0.5) is 11.5 Å². The van der Waals surface area contributed by atoms with Gasteiger partial charge in [-0.05, 0) is 31.0 Å². The maximum absolute atomic E-state index is 12.2. The highest BCUT2D eigenvalue weighted by molar-refractivity contribution is 5.92. The lowest BCUT2D eigenvalue weighted by Gasteiger charge is -2.10. The number of nitrogens with one attached hydrogen (secondary N) is 1. The third-order valence-electron chi connectivity index (χ3n) is 3.35. The number of carbonyl (C=O) groups excluding carboxylic acids is 1. The Labute approximate surface area is 125 Å². The van der Waals surface area contributed by atoms with Crippen molar-refractivity contribution in [1.82, 2.24) is 9.78 Å². The summed E-state index contributed by atoms with van der Waals surface area (Å²) in [6, 6.07) is 7.35. The Kier molecular flexibility index (Phi) is 4.98. The van der Waals surface area contributed by atoms with Gasteiger partial charge in [0.15, 0.2) is 0 Å². The third kappa shape index (κ3) is 4.08. The number of nitrogen functional groups attached to an aromatic ring is 1. The predicted octanol–water partition coefficient (Wildman–Crippen LogP) is 2.76. The topological polar surface area (TPSA) is 72.9 Å². The van der Waals surface area contributed by atoms with E-state index in [-0.39, 0.29) is 5.91 Å². The minimum Gasteiger partial charge on any atom is -0.399 e. The molecule has 0 fully saturated rings. The number of aromatic nitrogens is 2. The SMILES string of the molecule is CCCCn1ncc(C)c1NC(=O)Cc1ccc(N)cc1. The Bertz CT molecular complexity index is 601. The van der Waals surface area contributed by atoms with Gasteiger partial charge in [0.1, 0.15) is 5.82 Å². The van der Waals surface area contributed by atoms with Crippen LogP contribution in [0.5, 0.6) is 0 Å². The number of rotatable bonds is 6. The van der Waals surface area contributed by atoms with Crippen molar-refractivity contribution >= 4 is 17.4 Å². The second-order valence-corrected chi connectivity index (χ2v) is 5.22. The summed E-state index contributed by atoms with van der Waals surface area (Å²) in [5.74, 6) is 0.755. The van der Waals surface area contributed by atoms with Gasteiger partial charge in [-0.1, -0.05) is 25.5 Å². The van der Waals surface area contributed by atoms with Crippen LogP contribution in [0.1, 0.15) is 30.9 Å². The molecule has 0 bridgehead atoms. The van der Waals surface area contributed by atoms with Crippen LogP contribution in [0.2, 0.25) is 0 Å². The molecule has 2 rings (SSSR count). The summed E-state index contributed by atoms with van der Waals surface area (Å²) in [4.78, 5) is 12.2. The first-order valence-electron chi connectivity index (χ1n) is 7.27. The second kappa shape index (κ2) is 6.92. The van der Waals surface area contributed by atoms with Crippen molar-refractivity contribution in [3.63, 3.8) is 0 Å². The van der Waals surface area contributed by atoms with E-state index in [1.165, 1.54) is 0 Å². The number of aryl methyl sites for hydroxylation is 2. The molecule has 0 radical (unpaired) electrons. The molecular formula is C16H22N4O. The summed E-state index contributed by atoms with van der Waals surface area (Å²) < 4.78 is 1.86. The molecule has 2 aromatic rings. The molecule has 0 aliphatic heterocycles. The molecule has 0 unspecified atom stereocenters. The summed E-state index contributed by atoms with van der Waals surface area (Å²) in [5, 5.41) is 7.27. The largest absolute Gasteiger partial charge is 0.399 e. The normalized spacial score (nSPS) is 10.6. The van der Waals surface area contributed by atoms with Crippen LogP contribution >= 0.6 is 0 Å². The zero-order valence-corrected chi connectivity index (χ0v) is 12.6. The molecule has 1 aromatic heterocycles. The van der Waals surface area contributed by atoms with Crippen LogP contribution in [-0.2, 0) is 17.8 Å². The quantitative estimate of drug-likeness (QED) is 0.802. The number of nitrogens with two attached hydrogens (primary N) is 1. The van der Waals surface area contributed by atoms with E-state index in [9.17, 15) is 4.79 Å². The number of hydrogen-bond donors (Lipinski definition) is 2. The standard InChI is InChI=1S/C16H22N4O/c1-3-4-9-20-16(12(2)11-18-20)19-15(21)10-13-5-7-14(17)8-6-13/h5-8,11H,3-4,9-10,17H2,1-2H3,(H,19,21). The first-order valence-corrected chi connectivity index (χ1v) is 7.27. The summed E-state index contributed by atoms with van der Waals surface area (Å²) in [5.41, 5.74) is 8.27. The number of unbranched alkanes of at least 4 members (excludes halogenated alkanes) is 1. The van der Waals surface area contributed by atoms with Crippen LogP contribution in [0, 0.1) is 6.92 Å². The van der Waals surface area contributed by atoms with Crippen molar-refractivity contribution in [2.24, 2.45) is 0 Å². The molecule has 1 aromatic carbocycles. The number of amides is 1. The first-order chi connectivity index (χ1) is 10.1. The van der Waals surface area contributed by atoms with E-state index in [0.717, 1.165) is 36.3 Å². The summed E-state index contributed by atoms with van der Waals surface area (Å²) in [7, 11) is 0. The first kappa shape index (κ1) is 15.1. The molecule has 0 saturated carbocycles. The van der Waals surface area contributed by atoms with Crippen molar-refractivity contribution in [3.05, 3.63) is 41.6 Å². The molecule has 0 saturated heterocycles. The van der Waals surface area contributed by atoms with E-state index in [4.69, 9.17) is 5.73 Å². The minimum atomic E-state index is -0.0406. The molecule has 1 heterocycles. The van der Waals surface area contributed by atoms with Crippen LogP contribution in [0.3, 0.4) is 0 Å². The van der Waals surface area contributed by atoms with Gasteiger partial charge in [-0.2, -0.15) is 5.10 Å². The number of anilines is 2. The number of nitrogens with zero attached hydrogens (tertiary/aromatic N) is 2. The molecule has 0 aliphatic rings. The Morgan fingerprint density at radius 3 is 2.71 bits per heavy atom. The molecule has 0 aliphatic carbocycles. The Balaban J connectivity index is 2.02. The summed E-state index contributed by atoms with van der Waals surface area (Å²) >= 11 is 0. The number of carbonyl (C=O) groups is 1. The van der Waals surface area contributed by atoms with E-state index >= 15 is 0 Å². The van der Waals surface area contributed by atoms with Crippen LogP contribution in [0.15, 0.2) is 30.5 Å². The lowest BCUT2D eigenvalue weighted by Crippen LogP contribution is -2.18. The van der Waals surface area contributed by atoms with Gasteiger partial charge in [0.2, 0.25) is 5.91 Å². The average Bonchev–Trinajstić information content (AvgIpc) is 2.80. The minimum absolute atomic E-state index is 0.0406. The van der Waals surface area contributed by atoms with Crippen LogP contribution in [0.25, 0.3) is 0 Å². The number of hydrogen-bond acceptors (Lipinski definition) is 3. The van der Waals surface area contributed by atoms with Gasteiger partial charge in [0.05, 0.1) is 12.6 Å². The summed E-state index contributed by atoms with van der Waals surface area (Å²) in [6.45, 7) is 4.91. The van der Waals surface area contributed by atoms with E-state index in [1.54, 1.807) is 18.3 Å². The van der Waals surface area contributed by atoms with Gasteiger partial charge in [0, 0.05) is 17.8 Å². The molecule has 0 spiro atoms. The smallest absolute Gasteiger partial charge is 0.229 e. The van der Waals surface area contributed by atoms with Crippen molar-refractivity contribution in [2.75, 3.05) is 11.1 Å². The van der Waals surface area contributed by atoms with E-state index in [0.29, 0.717) is 12.1 Å². The highest BCUT2D eigenvalue weighted by Gasteiger charge is 2.11. The van der Waals surface area contributed by atoms with E-state index in [2.05, 4.69) is 17.3 Å². The predicted molar refractivity (Wildman–Crippen MR) is 85.1 cm³/mol. The molecular weight excluding hydrogens is 264 g/mol. The Hall–Kier alpha value is -2.30. The highest BCUT2D eigenvalue weighted by atomic mass is 16.1. The lowest BCUT2D eigenvalue weighted by atomic mass is 10.1. The molecule has 1 amide bonds. The second-order valence-electron chi connectivity index (χ2n) is 5.22. The fourth-order valence-electron chi connectivity index (χ4n) is 2.12. The van der Waals surface area contributed by atoms with Crippen molar-refractivity contribution in [3.8, 4) is 0 Å². The van der Waals surface area contributed by atoms with Gasteiger partial charge in [0.25, 0.3) is 0 Å². The monoisotopic (exact) mass is 286 g/mol. The fraction of sp³-hybridized carbons (Fsp3) is 0.375. The van der Waals surface area contributed by atoms with E-state index < -0.39 is 0 Å². The third-order valence-corrected chi connectivity index (χ3v) is 3.35. The zero-order valence-electron chi connectivity index (χ0n) is 12.6. The van der Waals surface area contributed by atoms with Crippen LogP contribution < -0.4 is 11.1 Å². The van der Waals surface area contributed by atoms with Crippen molar-refractivity contribution < 1.29 is 4.79 Å². The maximum Gasteiger partial charge on any atom is 0.229 e. The highest BCUT2D eigenvalue weighted by Crippen LogP contribution is 2.15. The van der Waals surface area contributed by atoms with Gasteiger partial charge in [-0.25, -0.2) is 4.68 Å². The summed E-state index contributed by atoms with van der Waals surface area (Å²) in [6.07, 6.45) is 4.26. The van der Waals surface area contributed by atoms with Gasteiger partial charge in [-0.3, -0.25) is 4.79 Å². The van der Waals surface area contributed by atoms with Crippen molar-refractivity contribution in [2.45, 2.75) is 39.7 Å². The molecule has 112 valence electrons. The van der Waals surface area contributed by atoms with Gasteiger partial charge in [-0.15, -0.1) is 0 Å². The maximum atomic E-state index is 12.2. The van der Waals surface area contributed by atoms with Crippen LogP contribution in [-0.4, -0.2) is 15.7 Å². The number of benzene rings is 1. The fourth-order valence-corrected chi connectivity index (χ4v) is 2.12. The zero-order chi connectivity index (χ0) is 15.2. The van der Waals surface area contributed by atoms with Gasteiger partial charge < -0.3 is 11.1 Å². The lowest BCUT2D eigenvalue weighted by molar-refractivity contribution is -0.115. The molecule has 5 heteroatoms. The Morgan fingerprint density at radius 1 is 1.33 bits per heavy atom. The molecule has 21 heavy (non-hydrogen) atoms. The molecule has 0 atom stereocenters. The molecule has 5 nitrogen and oxygen atoms in total. The Morgan fingerprint density at radius 2 is 2.05 bits per heavy atom. The molecule has 3 N–H and O–H groups in total. The van der Waals surface area contributed by atoms with Gasteiger partial charge >= 0.3 is 0 Å². The van der Waals surface area contributed by atoms with E-state index in [1.807, 2.05) is 23.7 Å². The van der Waals surface area contributed by atoms with Crippen molar-refractivity contribution in [1.29, 1.82) is 0 Å².